The highest BCUT2D eigenvalue weighted by atomic mass is 127. The predicted molar refractivity (Wildman–Crippen MR) is 92.8 cm³/mol. The fourth-order valence-electron chi connectivity index (χ4n) is 1.96. The Hall–Kier alpha value is -1.67. The van der Waals surface area contributed by atoms with Crippen LogP contribution in [0, 0.1) is 2.88 Å². The lowest BCUT2D eigenvalue weighted by Gasteiger charge is -2.07. The first kappa shape index (κ1) is 14.3. The Labute approximate surface area is 139 Å². The molecule has 0 saturated carbocycles. The van der Waals surface area contributed by atoms with Crippen LogP contribution in [0.5, 0.6) is 0 Å². The molecule has 6 heteroatoms. The maximum atomic E-state index is 12.1. The van der Waals surface area contributed by atoms with Crippen molar-refractivity contribution in [2.45, 2.75) is 6.54 Å². The molecule has 0 atom stereocenters. The molecule has 3 rings (SSSR count). The maximum absolute atomic E-state index is 12.1. The van der Waals surface area contributed by atoms with Crippen LogP contribution in [0.3, 0.4) is 0 Å². The van der Waals surface area contributed by atoms with Gasteiger partial charge in [0.2, 0.25) is 0 Å². The zero-order valence-corrected chi connectivity index (χ0v) is 14.0. The molecule has 2 heterocycles. The lowest BCUT2D eigenvalue weighted by molar-refractivity contribution is 0.102. The third-order valence-electron chi connectivity index (χ3n) is 2.92. The Bertz CT molecular complexity index is 752. The molecule has 21 heavy (non-hydrogen) atoms. The van der Waals surface area contributed by atoms with Crippen molar-refractivity contribution < 1.29 is 4.79 Å². The van der Waals surface area contributed by atoms with Gasteiger partial charge >= 0.3 is 0 Å². The van der Waals surface area contributed by atoms with Crippen LogP contribution in [0.4, 0.5) is 5.69 Å². The van der Waals surface area contributed by atoms with Gasteiger partial charge in [0.15, 0.2) is 0 Å². The zero-order valence-electron chi connectivity index (χ0n) is 11.0. The molecule has 0 saturated heterocycles. The molecular formula is C15H12IN3OS. The van der Waals surface area contributed by atoms with E-state index in [9.17, 15) is 4.79 Å². The van der Waals surface area contributed by atoms with E-state index in [-0.39, 0.29) is 5.91 Å². The van der Waals surface area contributed by atoms with E-state index in [0.29, 0.717) is 12.1 Å². The Balaban J connectivity index is 1.72. The zero-order chi connectivity index (χ0) is 14.7. The molecule has 2 aromatic heterocycles. The molecule has 1 aromatic carbocycles. The van der Waals surface area contributed by atoms with Crippen LogP contribution < -0.4 is 5.32 Å². The van der Waals surface area contributed by atoms with Crippen LogP contribution in [-0.4, -0.2) is 15.7 Å². The number of amides is 1. The van der Waals surface area contributed by atoms with Crippen molar-refractivity contribution in [3.05, 3.63) is 68.2 Å². The number of halogens is 1. The average molecular weight is 409 g/mol. The minimum absolute atomic E-state index is 0.0783. The Morgan fingerprint density at radius 1 is 1.33 bits per heavy atom. The smallest absolute Gasteiger partial charge is 0.256 e. The Morgan fingerprint density at radius 3 is 2.95 bits per heavy atom. The molecular weight excluding hydrogens is 397 g/mol. The summed E-state index contributed by atoms with van der Waals surface area (Å²) < 4.78 is 2.95. The summed E-state index contributed by atoms with van der Waals surface area (Å²) in [5.74, 6) is -0.0783. The predicted octanol–water partition coefficient (Wildman–Crippen LogP) is 3.85. The quantitative estimate of drug-likeness (QED) is 0.666. The van der Waals surface area contributed by atoms with E-state index in [1.54, 1.807) is 17.5 Å². The van der Waals surface area contributed by atoms with Crippen LogP contribution in [0.2, 0.25) is 0 Å². The first-order valence-corrected chi connectivity index (χ1v) is 8.28. The standard InChI is InChI=1S/C15H12IN3OS/c16-14-8-12(10-21-14)15(20)18-13-4-1-3-11(7-13)9-19-6-2-5-17-19/h1-8,10H,9H2,(H,18,20). The van der Waals surface area contributed by atoms with E-state index in [1.807, 2.05) is 52.7 Å². The maximum Gasteiger partial charge on any atom is 0.256 e. The summed E-state index contributed by atoms with van der Waals surface area (Å²) in [7, 11) is 0. The van der Waals surface area contributed by atoms with Crippen LogP contribution in [0.1, 0.15) is 15.9 Å². The normalized spacial score (nSPS) is 10.5. The lowest BCUT2D eigenvalue weighted by atomic mass is 10.2. The number of carbonyl (C=O) groups is 1. The molecule has 1 N–H and O–H groups in total. The number of hydrogen-bond donors (Lipinski definition) is 1. The minimum atomic E-state index is -0.0783. The second kappa shape index (κ2) is 6.40. The van der Waals surface area contributed by atoms with Gasteiger partial charge in [-0.3, -0.25) is 9.48 Å². The van der Waals surface area contributed by atoms with Crippen molar-refractivity contribution in [2.24, 2.45) is 0 Å². The third kappa shape index (κ3) is 3.70. The van der Waals surface area contributed by atoms with E-state index in [0.717, 1.165) is 14.1 Å². The number of thiophene rings is 1. The summed E-state index contributed by atoms with van der Waals surface area (Å²) in [6.07, 6.45) is 3.67. The van der Waals surface area contributed by atoms with Gasteiger partial charge in [0.1, 0.15) is 0 Å². The van der Waals surface area contributed by atoms with Gasteiger partial charge in [0, 0.05) is 23.5 Å². The fourth-order valence-corrected chi connectivity index (χ4v) is 3.29. The minimum Gasteiger partial charge on any atom is -0.322 e. The van der Waals surface area contributed by atoms with Crippen molar-refractivity contribution in [3.8, 4) is 0 Å². The molecule has 4 nitrogen and oxygen atoms in total. The van der Waals surface area contributed by atoms with Gasteiger partial charge in [-0.2, -0.15) is 5.10 Å². The molecule has 0 unspecified atom stereocenters. The van der Waals surface area contributed by atoms with Gasteiger partial charge in [-0.05, 0) is 52.4 Å². The van der Waals surface area contributed by atoms with E-state index < -0.39 is 0 Å². The molecule has 0 bridgehead atoms. The van der Waals surface area contributed by atoms with E-state index >= 15 is 0 Å². The summed E-state index contributed by atoms with van der Waals surface area (Å²) in [6, 6.07) is 11.6. The molecule has 0 aliphatic rings. The molecule has 0 radical (unpaired) electrons. The highest BCUT2D eigenvalue weighted by Crippen LogP contribution is 2.18. The number of benzene rings is 1. The number of rotatable bonds is 4. The Morgan fingerprint density at radius 2 is 2.24 bits per heavy atom. The molecule has 0 fully saturated rings. The molecule has 0 aliphatic carbocycles. The van der Waals surface area contributed by atoms with Crippen LogP contribution in [0.25, 0.3) is 0 Å². The first-order valence-electron chi connectivity index (χ1n) is 6.32. The monoisotopic (exact) mass is 409 g/mol. The van der Waals surface area contributed by atoms with E-state index in [2.05, 4.69) is 33.0 Å². The van der Waals surface area contributed by atoms with E-state index in [1.165, 1.54) is 0 Å². The Kier molecular flexibility index (Phi) is 4.35. The summed E-state index contributed by atoms with van der Waals surface area (Å²) >= 11 is 3.77. The van der Waals surface area contributed by atoms with Crippen molar-refractivity contribution in [1.82, 2.24) is 9.78 Å². The summed E-state index contributed by atoms with van der Waals surface area (Å²) in [6.45, 7) is 0.688. The summed E-state index contributed by atoms with van der Waals surface area (Å²) in [5, 5.41) is 8.97. The first-order chi connectivity index (χ1) is 10.2. The largest absolute Gasteiger partial charge is 0.322 e. The molecule has 106 valence electrons. The molecule has 1 amide bonds. The summed E-state index contributed by atoms with van der Waals surface area (Å²) in [5.41, 5.74) is 2.59. The van der Waals surface area contributed by atoms with Gasteiger partial charge in [-0.1, -0.05) is 12.1 Å². The lowest BCUT2D eigenvalue weighted by Crippen LogP contribution is -2.11. The van der Waals surface area contributed by atoms with Gasteiger partial charge in [-0.15, -0.1) is 11.3 Å². The average Bonchev–Trinajstić information content (AvgIpc) is 3.11. The SMILES string of the molecule is O=C(Nc1cccc(Cn2cccn2)c1)c1csc(I)c1. The van der Waals surface area contributed by atoms with Crippen LogP contribution in [0.15, 0.2) is 54.2 Å². The number of nitrogens with one attached hydrogen (secondary N) is 1. The number of carbonyl (C=O) groups excluding carboxylic acids is 1. The van der Waals surface area contributed by atoms with Gasteiger partial charge in [0.05, 0.1) is 15.0 Å². The highest BCUT2D eigenvalue weighted by Gasteiger charge is 2.08. The highest BCUT2D eigenvalue weighted by molar-refractivity contribution is 14.1. The van der Waals surface area contributed by atoms with Crippen molar-refractivity contribution in [1.29, 1.82) is 0 Å². The van der Waals surface area contributed by atoms with Crippen molar-refractivity contribution >= 4 is 45.5 Å². The second-order valence-electron chi connectivity index (χ2n) is 4.50. The second-order valence-corrected chi connectivity index (χ2v) is 7.30. The van der Waals surface area contributed by atoms with E-state index in [4.69, 9.17) is 0 Å². The van der Waals surface area contributed by atoms with Gasteiger partial charge in [-0.25, -0.2) is 0 Å². The third-order valence-corrected chi connectivity index (χ3v) is 4.71. The van der Waals surface area contributed by atoms with Crippen LogP contribution in [-0.2, 0) is 6.54 Å². The number of nitrogens with zero attached hydrogens (tertiary/aromatic N) is 2. The van der Waals surface area contributed by atoms with Crippen LogP contribution >= 0.6 is 33.9 Å². The number of aromatic nitrogens is 2. The topological polar surface area (TPSA) is 46.9 Å². The van der Waals surface area contributed by atoms with Crippen molar-refractivity contribution in [3.63, 3.8) is 0 Å². The summed E-state index contributed by atoms with van der Waals surface area (Å²) in [4.78, 5) is 12.1. The van der Waals surface area contributed by atoms with Crippen molar-refractivity contribution in [2.75, 3.05) is 5.32 Å². The fraction of sp³-hybridized carbons (Fsp3) is 0.0667. The number of hydrogen-bond acceptors (Lipinski definition) is 3. The van der Waals surface area contributed by atoms with Gasteiger partial charge < -0.3 is 5.32 Å². The number of anilines is 1. The molecule has 0 spiro atoms. The molecule has 3 aromatic rings. The van der Waals surface area contributed by atoms with Gasteiger partial charge in [0.25, 0.3) is 5.91 Å². The molecule has 0 aliphatic heterocycles.